The lowest BCUT2D eigenvalue weighted by Crippen LogP contribution is -2.06. The standard InChI is InChI=1S/C13H18N4/c1-10-13(5-6-14)11(2)17(16-10)9-12-4-3-7-15-8-12/h3-4,7-8H,5-6,9,14H2,1-2H3. The van der Waals surface area contributed by atoms with Crippen LogP contribution in [0.3, 0.4) is 0 Å². The molecule has 0 aliphatic heterocycles. The molecule has 4 heteroatoms. The summed E-state index contributed by atoms with van der Waals surface area (Å²) in [5.41, 5.74) is 10.3. The number of pyridine rings is 1. The summed E-state index contributed by atoms with van der Waals surface area (Å²) >= 11 is 0. The lowest BCUT2D eigenvalue weighted by atomic mass is 10.1. The number of rotatable bonds is 4. The van der Waals surface area contributed by atoms with Crippen LogP contribution in [-0.2, 0) is 13.0 Å². The Morgan fingerprint density at radius 1 is 1.35 bits per heavy atom. The Balaban J connectivity index is 2.25. The van der Waals surface area contributed by atoms with E-state index in [-0.39, 0.29) is 0 Å². The Kier molecular flexibility index (Phi) is 3.54. The van der Waals surface area contributed by atoms with Crippen LogP contribution in [0.2, 0.25) is 0 Å². The van der Waals surface area contributed by atoms with Crippen molar-refractivity contribution in [3.05, 3.63) is 47.0 Å². The predicted octanol–water partition coefficient (Wildman–Crippen LogP) is 1.44. The Bertz CT molecular complexity index is 488. The van der Waals surface area contributed by atoms with Gasteiger partial charge in [0.2, 0.25) is 0 Å². The zero-order chi connectivity index (χ0) is 12.3. The van der Waals surface area contributed by atoms with Crippen LogP contribution in [0.5, 0.6) is 0 Å². The number of nitrogens with zero attached hydrogens (tertiary/aromatic N) is 3. The molecule has 2 aromatic heterocycles. The first-order chi connectivity index (χ1) is 8.22. The third kappa shape index (κ3) is 2.53. The van der Waals surface area contributed by atoms with Crippen molar-refractivity contribution < 1.29 is 0 Å². The van der Waals surface area contributed by atoms with E-state index in [0.29, 0.717) is 6.54 Å². The van der Waals surface area contributed by atoms with Crippen molar-refractivity contribution in [1.82, 2.24) is 14.8 Å². The van der Waals surface area contributed by atoms with E-state index < -0.39 is 0 Å². The second-order valence-electron chi connectivity index (χ2n) is 4.21. The number of aromatic nitrogens is 3. The summed E-state index contributed by atoms with van der Waals surface area (Å²) in [4.78, 5) is 4.11. The second-order valence-corrected chi connectivity index (χ2v) is 4.21. The molecule has 2 aromatic rings. The van der Waals surface area contributed by atoms with Crippen LogP contribution in [0, 0.1) is 13.8 Å². The van der Waals surface area contributed by atoms with Crippen molar-refractivity contribution >= 4 is 0 Å². The second kappa shape index (κ2) is 5.10. The summed E-state index contributed by atoms with van der Waals surface area (Å²) in [5.74, 6) is 0. The van der Waals surface area contributed by atoms with Gasteiger partial charge in [0, 0.05) is 18.1 Å². The summed E-state index contributed by atoms with van der Waals surface area (Å²) in [5, 5.41) is 4.56. The summed E-state index contributed by atoms with van der Waals surface area (Å²) in [6, 6.07) is 4.01. The van der Waals surface area contributed by atoms with Gasteiger partial charge in [0.25, 0.3) is 0 Å². The first-order valence-electron chi connectivity index (χ1n) is 5.84. The lowest BCUT2D eigenvalue weighted by Gasteiger charge is -2.04. The molecular formula is C13H18N4. The molecule has 0 aliphatic rings. The number of nitrogens with two attached hydrogens (primary N) is 1. The maximum atomic E-state index is 5.61. The van der Waals surface area contributed by atoms with Crippen molar-refractivity contribution in [1.29, 1.82) is 0 Å². The fraction of sp³-hybridized carbons (Fsp3) is 0.385. The average Bonchev–Trinajstić information content (AvgIpc) is 2.59. The van der Waals surface area contributed by atoms with Crippen LogP contribution in [0.1, 0.15) is 22.5 Å². The highest BCUT2D eigenvalue weighted by Crippen LogP contribution is 2.14. The van der Waals surface area contributed by atoms with Crippen molar-refractivity contribution in [2.24, 2.45) is 5.73 Å². The molecule has 2 rings (SSSR count). The zero-order valence-electron chi connectivity index (χ0n) is 10.3. The van der Waals surface area contributed by atoms with E-state index in [2.05, 4.69) is 23.1 Å². The minimum absolute atomic E-state index is 0.667. The summed E-state index contributed by atoms with van der Waals surface area (Å²) in [6.45, 7) is 5.57. The molecule has 0 saturated heterocycles. The Morgan fingerprint density at radius 3 is 2.82 bits per heavy atom. The highest BCUT2D eigenvalue weighted by Gasteiger charge is 2.10. The number of aryl methyl sites for hydroxylation is 1. The van der Waals surface area contributed by atoms with E-state index in [9.17, 15) is 0 Å². The van der Waals surface area contributed by atoms with E-state index in [1.807, 2.05) is 23.9 Å². The van der Waals surface area contributed by atoms with Gasteiger partial charge in [-0.1, -0.05) is 6.07 Å². The van der Waals surface area contributed by atoms with Crippen LogP contribution >= 0.6 is 0 Å². The van der Waals surface area contributed by atoms with Gasteiger partial charge in [-0.05, 0) is 44.0 Å². The van der Waals surface area contributed by atoms with Gasteiger partial charge >= 0.3 is 0 Å². The third-order valence-electron chi connectivity index (χ3n) is 2.98. The predicted molar refractivity (Wildman–Crippen MR) is 67.8 cm³/mol. The number of hydrogen-bond acceptors (Lipinski definition) is 3. The van der Waals surface area contributed by atoms with Crippen LogP contribution < -0.4 is 5.73 Å². The summed E-state index contributed by atoms with van der Waals surface area (Å²) < 4.78 is 2.03. The largest absolute Gasteiger partial charge is 0.330 e. The van der Waals surface area contributed by atoms with Crippen molar-refractivity contribution in [2.75, 3.05) is 6.54 Å². The Morgan fingerprint density at radius 2 is 2.18 bits per heavy atom. The molecule has 17 heavy (non-hydrogen) atoms. The van der Waals surface area contributed by atoms with Gasteiger partial charge in [0.15, 0.2) is 0 Å². The lowest BCUT2D eigenvalue weighted by molar-refractivity contribution is 0.656. The average molecular weight is 230 g/mol. The molecule has 0 atom stereocenters. The molecule has 0 unspecified atom stereocenters. The molecule has 0 saturated carbocycles. The number of hydrogen-bond donors (Lipinski definition) is 1. The van der Waals surface area contributed by atoms with Gasteiger partial charge in [-0.15, -0.1) is 0 Å². The first-order valence-corrected chi connectivity index (χ1v) is 5.84. The van der Waals surface area contributed by atoms with Crippen molar-refractivity contribution in [3.8, 4) is 0 Å². The van der Waals surface area contributed by atoms with Gasteiger partial charge in [-0.25, -0.2) is 0 Å². The van der Waals surface area contributed by atoms with E-state index in [1.54, 1.807) is 6.20 Å². The normalized spacial score (nSPS) is 10.8. The van der Waals surface area contributed by atoms with E-state index in [4.69, 9.17) is 5.73 Å². The maximum absolute atomic E-state index is 5.61. The minimum atomic E-state index is 0.667. The smallest absolute Gasteiger partial charge is 0.0677 e. The minimum Gasteiger partial charge on any atom is -0.330 e. The molecule has 2 N–H and O–H groups in total. The zero-order valence-corrected chi connectivity index (χ0v) is 10.3. The summed E-state index contributed by atoms with van der Waals surface area (Å²) in [6.07, 6.45) is 4.55. The first kappa shape index (κ1) is 11.8. The topological polar surface area (TPSA) is 56.7 Å². The molecule has 4 nitrogen and oxygen atoms in total. The third-order valence-corrected chi connectivity index (χ3v) is 2.98. The molecule has 0 amide bonds. The Labute approximate surface area is 101 Å². The summed E-state index contributed by atoms with van der Waals surface area (Å²) in [7, 11) is 0. The SMILES string of the molecule is Cc1nn(Cc2cccnc2)c(C)c1CCN. The van der Waals surface area contributed by atoms with Gasteiger partial charge in [-0.2, -0.15) is 5.10 Å². The Hall–Kier alpha value is -1.68. The van der Waals surface area contributed by atoms with Crippen LogP contribution in [0.15, 0.2) is 24.5 Å². The molecule has 90 valence electrons. The highest BCUT2D eigenvalue weighted by molar-refractivity contribution is 5.25. The van der Waals surface area contributed by atoms with Crippen LogP contribution in [0.25, 0.3) is 0 Å². The van der Waals surface area contributed by atoms with E-state index >= 15 is 0 Å². The molecule has 0 aromatic carbocycles. The molecule has 0 spiro atoms. The van der Waals surface area contributed by atoms with Crippen molar-refractivity contribution in [3.63, 3.8) is 0 Å². The monoisotopic (exact) mass is 230 g/mol. The molecular weight excluding hydrogens is 212 g/mol. The van der Waals surface area contributed by atoms with Gasteiger partial charge in [0.1, 0.15) is 0 Å². The van der Waals surface area contributed by atoms with E-state index in [0.717, 1.165) is 24.2 Å². The fourth-order valence-electron chi connectivity index (χ4n) is 2.06. The molecule has 0 bridgehead atoms. The molecule has 0 fully saturated rings. The molecule has 0 radical (unpaired) electrons. The fourth-order valence-corrected chi connectivity index (χ4v) is 2.06. The van der Waals surface area contributed by atoms with Crippen LogP contribution in [-0.4, -0.2) is 21.3 Å². The van der Waals surface area contributed by atoms with Gasteiger partial charge in [0.05, 0.1) is 12.2 Å². The van der Waals surface area contributed by atoms with Crippen LogP contribution in [0.4, 0.5) is 0 Å². The van der Waals surface area contributed by atoms with Crippen molar-refractivity contribution in [2.45, 2.75) is 26.8 Å². The van der Waals surface area contributed by atoms with Gasteiger partial charge < -0.3 is 5.73 Å². The van der Waals surface area contributed by atoms with E-state index in [1.165, 1.54) is 11.3 Å². The highest BCUT2D eigenvalue weighted by atomic mass is 15.3. The maximum Gasteiger partial charge on any atom is 0.0677 e. The van der Waals surface area contributed by atoms with Gasteiger partial charge in [-0.3, -0.25) is 9.67 Å². The molecule has 0 aliphatic carbocycles. The quantitative estimate of drug-likeness (QED) is 0.864. The molecule has 2 heterocycles.